The summed E-state index contributed by atoms with van der Waals surface area (Å²) in [5, 5.41) is 3.45. The van der Waals surface area contributed by atoms with Gasteiger partial charge in [0.1, 0.15) is 10.7 Å². The molecular weight excluding hydrogens is 305 g/mol. The Labute approximate surface area is 132 Å². The second kappa shape index (κ2) is 7.35. The summed E-state index contributed by atoms with van der Waals surface area (Å²) < 4.78 is 18.9. The second-order valence-electron chi connectivity index (χ2n) is 4.95. The molecule has 2 rings (SSSR count). The molecule has 1 aromatic heterocycles. The lowest BCUT2D eigenvalue weighted by atomic mass is 10.2. The monoisotopic (exact) mass is 323 g/mol. The molecular formula is C16H18FNO3S. The minimum absolute atomic E-state index is 0.0958. The fraction of sp³-hybridized carbons (Fsp3) is 0.375. The third-order valence-corrected chi connectivity index (χ3v) is 4.46. The van der Waals surface area contributed by atoms with E-state index >= 15 is 0 Å². The number of hydrogen-bond donors (Lipinski definition) is 1. The number of halogens is 1. The summed E-state index contributed by atoms with van der Waals surface area (Å²) in [5.41, 5.74) is 0. The molecule has 2 aromatic rings. The van der Waals surface area contributed by atoms with Gasteiger partial charge in [-0.15, -0.1) is 11.3 Å². The van der Waals surface area contributed by atoms with Crippen molar-refractivity contribution in [3.05, 3.63) is 35.0 Å². The lowest BCUT2D eigenvalue weighted by Crippen LogP contribution is -2.36. The van der Waals surface area contributed by atoms with Crippen molar-refractivity contribution in [1.29, 1.82) is 0 Å². The number of hydrogen-bond acceptors (Lipinski definition) is 4. The average molecular weight is 323 g/mol. The number of amides is 1. The zero-order valence-corrected chi connectivity index (χ0v) is 13.3. The Morgan fingerprint density at radius 3 is 2.68 bits per heavy atom. The van der Waals surface area contributed by atoms with E-state index in [2.05, 4.69) is 5.32 Å². The van der Waals surface area contributed by atoms with E-state index in [1.807, 2.05) is 13.8 Å². The van der Waals surface area contributed by atoms with E-state index in [-0.39, 0.29) is 24.4 Å². The molecule has 6 heteroatoms. The van der Waals surface area contributed by atoms with E-state index in [1.165, 1.54) is 23.5 Å². The molecule has 0 atom stereocenters. The van der Waals surface area contributed by atoms with Crippen molar-refractivity contribution in [2.45, 2.75) is 32.7 Å². The number of esters is 1. The first-order chi connectivity index (χ1) is 10.5. The van der Waals surface area contributed by atoms with Crippen LogP contribution in [-0.4, -0.2) is 24.5 Å². The van der Waals surface area contributed by atoms with Gasteiger partial charge in [-0.1, -0.05) is 13.8 Å². The third-order valence-electron chi connectivity index (χ3n) is 3.36. The highest BCUT2D eigenvalue weighted by atomic mass is 32.1. The van der Waals surface area contributed by atoms with E-state index in [4.69, 9.17) is 4.74 Å². The van der Waals surface area contributed by atoms with Crippen molar-refractivity contribution >= 4 is 33.3 Å². The summed E-state index contributed by atoms with van der Waals surface area (Å²) >= 11 is 1.22. The first-order valence-corrected chi connectivity index (χ1v) is 8.00. The van der Waals surface area contributed by atoms with Gasteiger partial charge in [-0.3, -0.25) is 4.79 Å². The molecule has 0 aliphatic rings. The Hall–Kier alpha value is -1.95. The van der Waals surface area contributed by atoms with Crippen LogP contribution in [0.4, 0.5) is 4.39 Å². The first kappa shape index (κ1) is 16.4. The number of carbonyl (C=O) groups excluding carboxylic acids is 2. The molecule has 22 heavy (non-hydrogen) atoms. The van der Waals surface area contributed by atoms with Gasteiger partial charge in [-0.05, 0) is 42.5 Å². The van der Waals surface area contributed by atoms with Crippen LogP contribution in [0.1, 0.15) is 36.4 Å². The lowest BCUT2D eigenvalue weighted by molar-refractivity contribution is -0.125. The summed E-state index contributed by atoms with van der Waals surface area (Å²) in [5.74, 6) is -1.23. The Morgan fingerprint density at radius 2 is 2.00 bits per heavy atom. The topological polar surface area (TPSA) is 55.4 Å². The largest absolute Gasteiger partial charge is 0.451 e. The predicted octanol–water partition coefficient (Wildman–Crippen LogP) is 3.50. The molecule has 0 bridgehead atoms. The van der Waals surface area contributed by atoms with Crippen LogP contribution in [0.3, 0.4) is 0 Å². The SMILES string of the molecule is CCC(CC)NC(=O)COC(=O)c1cc2cc(F)ccc2s1. The number of fused-ring (bicyclic) bond motifs is 1. The minimum atomic E-state index is -0.568. The van der Waals surface area contributed by atoms with Crippen LogP contribution in [0.5, 0.6) is 0 Å². The molecule has 1 amide bonds. The molecule has 4 nitrogen and oxygen atoms in total. The molecule has 1 aromatic carbocycles. The Balaban J connectivity index is 1.95. The fourth-order valence-electron chi connectivity index (χ4n) is 2.08. The quantitative estimate of drug-likeness (QED) is 0.828. The highest BCUT2D eigenvalue weighted by molar-refractivity contribution is 7.20. The molecule has 0 fully saturated rings. The number of ether oxygens (including phenoxy) is 1. The minimum Gasteiger partial charge on any atom is -0.451 e. The van der Waals surface area contributed by atoms with Crippen LogP contribution in [0.25, 0.3) is 10.1 Å². The van der Waals surface area contributed by atoms with Gasteiger partial charge < -0.3 is 10.1 Å². The van der Waals surface area contributed by atoms with Crippen molar-refractivity contribution in [3.8, 4) is 0 Å². The van der Waals surface area contributed by atoms with Crippen molar-refractivity contribution in [2.75, 3.05) is 6.61 Å². The van der Waals surface area contributed by atoms with Crippen LogP contribution < -0.4 is 5.32 Å². The molecule has 0 radical (unpaired) electrons. The van der Waals surface area contributed by atoms with Crippen LogP contribution in [0, 0.1) is 5.82 Å². The Morgan fingerprint density at radius 1 is 1.27 bits per heavy atom. The van der Waals surface area contributed by atoms with Crippen molar-refractivity contribution in [3.63, 3.8) is 0 Å². The predicted molar refractivity (Wildman–Crippen MR) is 84.6 cm³/mol. The van der Waals surface area contributed by atoms with Crippen molar-refractivity contribution < 1.29 is 18.7 Å². The molecule has 118 valence electrons. The van der Waals surface area contributed by atoms with Gasteiger partial charge in [-0.25, -0.2) is 9.18 Å². The number of rotatable bonds is 6. The highest BCUT2D eigenvalue weighted by Crippen LogP contribution is 2.26. The van der Waals surface area contributed by atoms with Gasteiger partial charge in [0.15, 0.2) is 6.61 Å². The smallest absolute Gasteiger partial charge is 0.348 e. The van der Waals surface area contributed by atoms with Crippen LogP contribution >= 0.6 is 11.3 Å². The lowest BCUT2D eigenvalue weighted by Gasteiger charge is -2.14. The first-order valence-electron chi connectivity index (χ1n) is 7.19. The Bertz CT molecular complexity index is 679. The van der Waals surface area contributed by atoms with Crippen LogP contribution in [0.15, 0.2) is 24.3 Å². The highest BCUT2D eigenvalue weighted by Gasteiger charge is 2.15. The van der Waals surface area contributed by atoms with Gasteiger partial charge in [0.05, 0.1) is 0 Å². The van der Waals surface area contributed by atoms with E-state index in [9.17, 15) is 14.0 Å². The molecule has 0 saturated carbocycles. The maximum absolute atomic E-state index is 13.1. The summed E-state index contributed by atoms with van der Waals surface area (Å²) in [4.78, 5) is 24.0. The molecule has 0 spiro atoms. The molecule has 0 aliphatic carbocycles. The molecule has 0 unspecified atom stereocenters. The number of benzene rings is 1. The van der Waals surface area contributed by atoms with Gasteiger partial charge in [0.2, 0.25) is 0 Å². The van der Waals surface area contributed by atoms with E-state index < -0.39 is 5.97 Å². The summed E-state index contributed by atoms with van der Waals surface area (Å²) in [6.07, 6.45) is 1.66. The maximum atomic E-state index is 13.1. The number of thiophene rings is 1. The van der Waals surface area contributed by atoms with Crippen LogP contribution in [0.2, 0.25) is 0 Å². The molecule has 0 aliphatic heterocycles. The van der Waals surface area contributed by atoms with Gasteiger partial charge in [0, 0.05) is 10.7 Å². The van der Waals surface area contributed by atoms with Crippen LogP contribution in [-0.2, 0) is 9.53 Å². The summed E-state index contributed by atoms with van der Waals surface area (Å²) in [6, 6.07) is 5.99. The van der Waals surface area contributed by atoms with Gasteiger partial charge >= 0.3 is 5.97 Å². The normalized spacial score (nSPS) is 10.9. The summed E-state index contributed by atoms with van der Waals surface area (Å²) in [6.45, 7) is 3.66. The maximum Gasteiger partial charge on any atom is 0.348 e. The number of nitrogens with one attached hydrogen (secondary N) is 1. The van der Waals surface area contributed by atoms with E-state index in [0.717, 1.165) is 17.5 Å². The Kier molecular flexibility index (Phi) is 5.49. The van der Waals surface area contributed by atoms with Crippen molar-refractivity contribution in [2.24, 2.45) is 0 Å². The standard InChI is InChI=1S/C16H18FNO3S/c1-3-12(4-2)18-15(19)9-21-16(20)14-8-10-7-11(17)5-6-13(10)22-14/h5-8,12H,3-4,9H2,1-2H3,(H,18,19). The third kappa shape index (κ3) is 4.04. The second-order valence-corrected chi connectivity index (χ2v) is 6.03. The van der Waals surface area contributed by atoms with E-state index in [1.54, 1.807) is 12.1 Å². The van der Waals surface area contributed by atoms with E-state index in [0.29, 0.717) is 10.3 Å². The zero-order chi connectivity index (χ0) is 16.1. The number of carbonyl (C=O) groups is 2. The fourth-order valence-corrected chi connectivity index (χ4v) is 3.02. The molecule has 1 N–H and O–H groups in total. The molecule has 1 heterocycles. The molecule has 0 saturated heterocycles. The van der Waals surface area contributed by atoms with Gasteiger partial charge in [-0.2, -0.15) is 0 Å². The average Bonchev–Trinajstić information content (AvgIpc) is 2.93. The van der Waals surface area contributed by atoms with Gasteiger partial charge in [0.25, 0.3) is 5.91 Å². The zero-order valence-electron chi connectivity index (χ0n) is 12.5. The van der Waals surface area contributed by atoms with Crippen molar-refractivity contribution in [1.82, 2.24) is 5.32 Å². The summed E-state index contributed by atoms with van der Waals surface area (Å²) in [7, 11) is 0.